The Balaban J connectivity index is 1.77. The Morgan fingerprint density at radius 2 is 1.86 bits per heavy atom. The van der Waals surface area contributed by atoms with Crippen LogP contribution in [0.3, 0.4) is 0 Å². The zero-order chi connectivity index (χ0) is 14.4. The molecule has 0 aliphatic carbocycles. The molecule has 2 aromatic rings. The number of nitrogens with zero attached hydrogens (tertiary/aromatic N) is 1. The second-order valence-corrected chi connectivity index (χ2v) is 5.59. The van der Waals surface area contributed by atoms with Gasteiger partial charge in [0.15, 0.2) is 5.60 Å². The Hall–Kier alpha value is -2.17. The van der Waals surface area contributed by atoms with Crippen LogP contribution in [0.15, 0.2) is 54.6 Å². The first-order valence-corrected chi connectivity index (χ1v) is 7.08. The van der Waals surface area contributed by atoms with Gasteiger partial charge in [0.05, 0.1) is 6.04 Å². The third-order valence-corrected chi connectivity index (χ3v) is 4.38. The molecule has 1 fully saturated rings. The maximum Gasteiger partial charge on any atom is 0.263 e. The number of para-hydroxylation sites is 1. The number of carbonyl (C=O) groups is 1. The third kappa shape index (κ3) is 1.73. The molecule has 21 heavy (non-hydrogen) atoms. The summed E-state index contributed by atoms with van der Waals surface area (Å²) in [6, 6.07) is 18.0. The lowest BCUT2D eigenvalue weighted by molar-refractivity contribution is -0.194. The van der Waals surface area contributed by atoms with Crippen LogP contribution in [0.2, 0.25) is 0 Å². The molecule has 0 bridgehead atoms. The zero-order valence-electron chi connectivity index (χ0n) is 11.7. The molecular weight excluding hydrogens is 264 g/mol. The van der Waals surface area contributed by atoms with Gasteiger partial charge in [0.2, 0.25) is 0 Å². The predicted octanol–water partition coefficient (Wildman–Crippen LogP) is 2.84. The molecule has 4 heteroatoms. The molecule has 0 unspecified atom stereocenters. The molecule has 1 spiro atoms. The molecule has 2 aliphatic heterocycles. The van der Waals surface area contributed by atoms with Crippen molar-refractivity contribution in [2.75, 3.05) is 12.4 Å². The normalized spacial score (nSPS) is 27.9. The average molecular weight is 280 g/mol. The second kappa shape index (κ2) is 4.41. The third-order valence-electron chi connectivity index (χ3n) is 4.38. The van der Waals surface area contributed by atoms with Crippen molar-refractivity contribution in [3.8, 4) is 0 Å². The number of anilines is 1. The van der Waals surface area contributed by atoms with Crippen LogP contribution >= 0.6 is 0 Å². The first-order valence-electron chi connectivity index (χ1n) is 7.08. The second-order valence-electron chi connectivity index (χ2n) is 5.59. The monoisotopic (exact) mass is 280 g/mol. The smallest absolute Gasteiger partial charge is 0.263 e. The predicted molar refractivity (Wildman–Crippen MR) is 79.4 cm³/mol. The Morgan fingerprint density at radius 3 is 2.67 bits per heavy atom. The summed E-state index contributed by atoms with van der Waals surface area (Å²) in [6.07, 6.45) is 0.621. The van der Waals surface area contributed by atoms with Crippen LogP contribution in [0.25, 0.3) is 0 Å². The molecule has 4 rings (SSSR count). The highest BCUT2D eigenvalue weighted by atomic mass is 16.7. The van der Waals surface area contributed by atoms with Gasteiger partial charge in [0.25, 0.3) is 5.91 Å². The standard InChI is InChI=1S/C17H16N2O2/c1-19-15(12-7-3-2-4-8-12)11-17(21-19)13-9-5-6-10-14(13)18-16(17)20/h2-10,15H,11H2,1H3,(H,18,20)/t15-,17-/m1/s1. The molecule has 4 nitrogen and oxygen atoms in total. The Bertz CT molecular complexity index is 701. The summed E-state index contributed by atoms with van der Waals surface area (Å²) >= 11 is 0. The number of hydroxylamine groups is 2. The van der Waals surface area contributed by atoms with Gasteiger partial charge in [0, 0.05) is 24.7 Å². The van der Waals surface area contributed by atoms with Gasteiger partial charge in [-0.15, -0.1) is 0 Å². The number of hydrogen-bond donors (Lipinski definition) is 1. The minimum Gasteiger partial charge on any atom is -0.323 e. The highest BCUT2D eigenvalue weighted by Gasteiger charge is 2.56. The molecule has 1 N–H and O–H groups in total. The number of rotatable bonds is 1. The van der Waals surface area contributed by atoms with Gasteiger partial charge in [-0.05, 0) is 11.6 Å². The highest BCUT2D eigenvalue weighted by Crippen LogP contribution is 2.50. The average Bonchev–Trinajstić information content (AvgIpc) is 3.00. The van der Waals surface area contributed by atoms with Crippen LogP contribution in [0, 0.1) is 0 Å². The lowest BCUT2D eigenvalue weighted by Gasteiger charge is -2.20. The zero-order valence-corrected chi connectivity index (χ0v) is 11.7. The molecule has 2 heterocycles. The van der Waals surface area contributed by atoms with E-state index < -0.39 is 5.60 Å². The highest BCUT2D eigenvalue weighted by molar-refractivity contribution is 6.05. The quantitative estimate of drug-likeness (QED) is 0.873. The van der Waals surface area contributed by atoms with Crippen LogP contribution in [-0.4, -0.2) is 18.0 Å². The van der Waals surface area contributed by atoms with Crippen molar-refractivity contribution in [3.63, 3.8) is 0 Å². The fourth-order valence-electron chi connectivity index (χ4n) is 3.33. The Labute approximate surface area is 123 Å². The lowest BCUT2D eigenvalue weighted by Crippen LogP contribution is -2.34. The summed E-state index contributed by atoms with van der Waals surface area (Å²) in [4.78, 5) is 18.6. The maximum atomic E-state index is 12.5. The number of fused-ring (bicyclic) bond motifs is 2. The van der Waals surface area contributed by atoms with Gasteiger partial charge >= 0.3 is 0 Å². The van der Waals surface area contributed by atoms with Gasteiger partial charge < -0.3 is 5.32 Å². The van der Waals surface area contributed by atoms with Crippen LogP contribution in [-0.2, 0) is 15.2 Å². The molecule has 0 saturated carbocycles. The summed E-state index contributed by atoms with van der Waals surface area (Å²) in [7, 11) is 1.89. The van der Waals surface area contributed by atoms with Gasteiger partial charge in [0.1, 0.15) is 0 Å². The van der Waals surface area contributed by atoms with Crippen molar-refractivity contribution >= 4 is 11.6 Å². The number of carbonyl (C=O) groups excluding carboxylic acids is 1. The van der Waals surface area contributed by atoms with E-state index in [1.165, 1.54) is 0 Å². The molecular formula is C17H16N2O2. The van der Waals surface area contributed by atoms with Crippen LogP contribution in [0.4, 0.5) is 5.69 Å². The lowest BCUT2D eigenvalue weighted by atomic mass is 9.87. The van der Waals surface area contributed by atoms with E-state index in [1.807, 2.05) is 49.5 Å². The van der Waals surface area contributed by atoms with E-state index >= 15 is 0 Å². The number of nitrogens with one attached hydrogen (secondary N) is 1. The van der Waals surface area contributed by atoms with E-state index in [0.717, 1.165) is 16.8 Å². The SMILES string of the molecule is CN1O[C@@]2(C[C@@H]1c1ccccc1)C(=O)Nc1ccccc12. The van der Waals surface area contributed by atoms with Crippen molar-refractivity contribution in [2.45, 2.75) is 18.1 Å². The number of benzene rings is 2. The summed E-state index contributed by atoms with van der Waals surface area (Å²) in [5.74, 6) is -0.0750. The molecule has 2 aromatic carbocycles. The minimum atomic E-state index is -0.897. The van der Waals surface area contributed by atoms with E-state index in [0.29, 0.717) is 6.42 Å². The number of amides is 1. The molecule has 2 atom stereocenters. The van der Waals surface area contributed by atoms with E-state index in [9.17, 15) is 4.79 Å². The van der Waals surface area contributed by atoms with Crippen molar-refractivity contribution in [2.24, 2.45) is 0 Å². The van der Waals surface area contributed by atoms with E-state index in [2.05, 4.69) is 17.4 Å². The van der Waals surface area contributed by atoms with Crippen LogP contribution < -0.4 is 5.32 Å². The fraction of sp³-hybridized carbons (Fsp3) is 0.235. The number of hydrogen-bond acceptors (Lipinski definition) is 3. The Morgan fingerprint density at radius 1 is 1.14 bits per heavy atom. The van der Waals surface area contributed by atoms with Gasteiger partial charge in [-0.25, -0.2) is 0 Å². The van der Waals surface area contributed by atoms with Gasteiger partial charge in [-0.2, -0.15) is 5.06 Å². The maximum absolute atomic E-state index is 12.5. The topological polar surface area (TPSA) is 41.6 Å². The molecule has 1 saturated heterocycles. The van der Waals surface area contributed by atoms with E-state index in [-0.39, 0.29) is 11.9 Å². The summed E-state index contributed by atoms with van der Waals surface area (Å²) < 4.78 is 0. The van der Waals surface area contributed by atoms with Crippen molar-refractivity contribution in [3.05, 3.63) is 65.7 Å². The first-order chi connectivity index (χ1) is 10.2. The van der Waals surface area contributed by atoms with E-state index in [1.54, 1.807) is 5.06 Å². The van der Waals surface area contributed by atoms with Crippen molar-refractivity contribution in [1.29, 1.82) is 0 Å². The molecule has 1 amide bonds. The van der Waals surface area contributed by atoms with Crippen molar-refractivity contribution in [1.82, 2.24) is 5.06 Å². The van der Waals surface area contributed by atoms with E-state index in [4.69, 9.17) is 4.84 Å². The largest absolute Gasteiger partial charge is 0.323 e. The molecule has 0 aromatic heterocycles. The summed E-state index contributed by atoms with van der Waals surface area (Å²) in [5.41, 5.74) is 2.05. The Kier molecular flexibility index (Phi) is 2.64. The van der Waals surface area contributed by atoms with Gasteiger partial charge in [-0.3, -0.25) is 9.63 Å². The minimum absolute atomic E-state index is 0.0723. The molecule has 0 radical (unpaired) electrons. The fourth-order valence-corrected chi connectivity index (χ4v) is 3.33. The van der Waals surface area contributed by atoms with Crippen LogP contribution in [0.1, 0.15) is 23.6 Å². The summed E-state index contributed by atoms with van der Waals surface area (Å²) in [6.45, 7) is 0. The summed E-state index contributed by atoms with van der Waals surface area (Å²) in [5, 5.41) is 4.73. The van der Waals surface area contributed by atoms with Gasteiger partial charge in [-0.1, -0.05) is 48.5 Å². The molecule has 2 aliphatic rings. The van der Waals surface area contributed by atoms with Crippen molar-refractivity contribution < 1.29 is 9.63 Å². The first kappa shape index (κ1) is 12.6. The molecule has 106 valence electrons. The van der Waals surface area contributed by atoms with Crippen LogP contribution in [0.5, 0.6) is 0 Å².